The highest BCUT2D eigenvalue weighted by molar-refractivity contribution is 5.70. The fourth-order valence-corrected chi connectivity index (χ4v) is 1.98. The predicted octanol–water partition coefficient (Wildman–Crippen LogP) is 2.71. The Balaban J connectivity index is 2.62. The Morgan fingerprint density at radius 2 is 2.14 bits per heavy atom. The summed E-state index contributed by atoms with van der Waals surface area (Å²) in [6.45, 7) is 6.33. The van der Waals surface area contributed by atoms with E-state index in [2.05, 4.69) is 12.2 Å². The number of ether oxygens (including phenoxy) is 1. The molecular weight excluding hydrogens is 271 g/mol. The highest BCUT2D eigenvalue weighted by atomic mass is 19.1. The second-order valence-corrected chi connectivity index (χ2v) is 4.94. The van der Waals surface area contributed by atoms with Crippen LogP contribution in [0.4, 0.5) is 10.1 Å². The van der Waals surface area contributed by atoms with Gasteiger partial charge in [-0.3, -0.25) is 4.79 Å². The van der Waals surface area contributed by atoms with Crippen LogP contribution >= 0.6 is 0 Å². The molecule has 0 atom stereocenters. The predicted molar refractivity (Wildman–Crippen MR) is 82.9 cm³/mol. The van der Waals surface area contributed by atoms with Gasteiger partial charge in [0.05, 0.1) is 18.7 Å². The number of benzene rings is 1. The van der Waals surface area contributed by atoms with Crippen molar-refractivity contribution < 1.29 is 13.9 Å². The minimum absolute atomic E-state index is 0.252. The highest BCUT2D eigenvalue weighted by Crippen LogP contribution is 2.20. The van der Waals surface area contributed by atoms with E-state index < -0.39 is 0 Å². The maximum atomic E-state index is 13.9. The lowest BCUT2D eigenvalue weighted by molar-refractivity contribution is -0.142. The molecule has 1 aromatic rings. The number of halogens is 1. The molecule has 0 aromatic heterocycles. The van der Waals surface area contributed by atoms with Crippen LogP contribution in [0.15, 0.2) is 18.2 Å². The summed E-state index contributed by atoms with van der Waals surface area (Å²) >= 11 is 0. The zero-order valence-electron chi connectivity index (χ0n) is 13.1. The Labute approximate surface area is 126 Å². The molecule has 0 fully saturated rings. The molecule has 0 saturated heterocycles. The molecule has 0 aliphatic carbocycles. The first-order chi connectivity index (χ1) is 10.1. The van der Waals surface area contributed by atoms with Crippen LogP contribution in [0.3, 0.4) is 0 Å². The second kappa shape index (κ2) is 9.34. The SMILES string of the molecule is CCCNCc1ccc(F)c(N(C)CCC(=O)OCC)c1. The minimum Gasteiger partial charge on any atom is -0.466 e. The molecule has 0 amide bonds. The Morgan fingerprint density at radius 3 is 2.81 bits per heavy atom. The summed E-state index contributed by atoms with van der Waals surface area (Å²) < 4.78 is 18.8. The van der Waals surface area contributed by atoms with E-state index in [9.17, 15) is 9.18 Å². The van der Waals surface area contributed by atoms with Crippen molar-refractivity contribution in [3.05, 3.63) is 29.6 Å². The van der Waals surface area contributed by atoms with Crippen LogP contribution in [0.25, 0.3) is 0 Å². The number of nitrogens with one attached hydrogen (secondary N) is 1. The number of hydrogen-bond donors (Lipinski definition) is 1. The number of carbonyl (C=O) groups is 1. The number of nitrogens with zero attached hydrogens (tertiary/aromatic N) is 1. The van der Waals surface area contributed by atoms with E-state index >= 15 is 0 Å². The second-order valence-electron chi connectivity index (χ2n) is 4.94. The van der Waals surface area contributed by atoms with Crippen molar-refractivity contribution in [1.82, 2.24) is 5.32 Å². The lowest BCUT2D eigenvalue weighted by Gasteiger charge is -2.20. The van der Waals surface area contributed by atoms with E-state index in [1.807, 2.05) is 6.07 Å². The van der Waals surface area contributed by atoms with Gasteiger partial charge in [-0.2, -0.15) is 0 Å². The Kier molecular flexibility index (Phi) is 7.75. The van der Waals surface area contributed by atoms with Crippen molar-refractivity contribution in [2.24, 2.45) is 0 Å². The Bertz CT molecular complexity index is 452. The van der Waals surface area contributed by atoms with Crippen molar-refractivity contribution in [3.8, 4) is 0 Å². The lowest BCUT2D eigenvalue weighted by Crippen LogP contribution is -2.23. The third-order valence-electron chi connectivity index (χ3n) is 3.13. The highest BCUT2D eigenvalue weighted by Gasteiger charge is 2.11. The average molecular weight is 296 g/mol. The van der Waals surface area contributed by atoms with Gasteiger partial charge in [0.25, 0.3) is 0 Å². The van der Waals surface area contributed by atoms with Gasteiger partial charge in [-0.05, 0) is 37.6 Å². The molecule has 1 aromatic carbocycles. The Morgan fingerprint density at radius 1 is 1.38 bits per heavy atom. The normalized spacial score (nSPS) is 10.5. The number of rotatable bonds is 9. The van der Waals surface area contributed by atoms with Gasteiger partial charge >= 0.3 is 5.97 Å². The van der Waals surface area contributed by atoms with E-state index in [-0.39, 0.29) is 18.2 Å². The van der Waals surface area contributed by atoms with Gasteiger partial charge in [0.2, 0.25) is 0 Å². The van der Waals surface area contributed by atoms with Crippen molar-refractivity contribution in [1.29, 1.82) is 0 Å². The van der Waals surface area contributed by atoms with Gasteiger partial charge in [-0.15, -0.1) is 0 Å². The molecule has 1 rings (SSSR count). The van der Waals surface area contributed by atoms with E-state index in [0.29, 0.717) is 25.4 Å². The molecule has 0 bridgehead atoms. The molecule has 0 unspecified atom stereocenters. The maximum absolute atomic E-state index is 13.9. The molecule has 1 N–H and O–H groups in total. The summed E-state index contributed by atoms with van der Waals surface area (Å²) in [5, 5.41) is 3.29. The topological polar surface area (TPSA) is 41.6 Å². The first-order valence-electron chi connectivity index (χ1n) is 7.44. The van der Waals surface area contributed by atoms with Crippen LogP contribution in [0.2, 0.25) is 0 Å². The third-order valence-corrected chi connectivity index (χ3v) is 3.13. The molecule has 0 heterocycles. The van der Waals surface area contributed by atoms with Gasteiger partial charge in [-0.1, -0.05) is 13.0 Å². The number of esters is 1. The third kappa shape index (κ3) is 6.12. The molecule has 4 nitrogen and oxygen atoms in total. The molecule has 21 heavy (non-hydrogen) atoms. The number of anilines is 1. The Hall–Kier alpha value is -1.62. The van der Waals surface area contributed by atoms with Crippen molar-refractivity contribution >= 4 is 11.7 Å². The molecule has 5 heteroatoms. The fraction of sp³-hybridized carbons (Fsp3) is 0.562. The van der Waals surface area contributed by atoms with Gasteiger partial charge < -0.3 is 15.0 Å². The molecule has 0 aliphatic rings. The van der Waals surface area contributed by atoms with Crippen molar-refractivity contribution in [2.45, 2.75) is 33.2 Å². The van der Waals surface area contributed by atoms with Gasteiger partial charge in [0.1, 0.15) is 5.82 Å². The molecule has 118 valence electrons. The summed E-state index contributed by atoms with van der Waals surface area (Å²) in [5.41, 5.74) is 1.54. The molecule has 0 saturated carbocycles. The van der Waals surface area contributed by atoms with E-state index in [0.717, 1.165) is 18.5 Å². The summed E-state index contributed by atoms with van der Waals surface area (Å²) in [5.74, 6) is -0.536. The average Bonchev–Trinajstić information content (AvgIpc) is 2.47. The van der Waals surface area contributed by atoms with Gasteiger partial charge in [-0.25, -0.2) is 4.39 Å². The molecule has 0 aliphatic heterocycles. The monoisotopic (exact) mass is 296 g/mol. The van der Waals surface area contributed by atoms with Gasteiger partial charge in [0, 0.05) is 20.1 Å². The zero-order valence-corrected chi connectivity index (χ0v) is 13.1. The lowest BCUT2D eigenvalue weighted by atomic mass is 10.1. The zero-order chi connectivity index (χ0) is 15.7. The number of hydrogen-bond acceptors (Lipinski definition) is 4. The first-order valence-corrected chi connectivity index (χ1v) is 7.44. The van der Waals surface area contributed by atoms with E-state index in [1.54, 1.807) is 24.9 Å². The minimum atomic E-state index is -0.277. The molecule has 0 spiro atoms. The molecule has 0 radical (unpaired) electrons. The summed E-state index contributed by atoms with van der Waals surface area (Å²) in [6, 6.07) is 5.07. The van der Waals surface area contributed by atoms with Crippen molar-refractivity contribution in [2.75, 3.05) is 31.6 Å². The van der Waals surface area contributed by atoms with Crippen molar-refractivity contribution in [3.63, 3.8) is 0 Å². The van der Waals surface area contributed by atoms with Crippen LogP contribution in [0, 0.1) is 5.82 Å². The van der Waals surface area contributed by atoms with Gasteiger partial charge in [0.15, 0.2) is 0 Å². The smallest absolute Gasteiger partial charge is 0.307 e. The van der Waals surface area contributed by atoms with Crippen LogP contribution in [0.5, 0.6) is 0 Å². The quantitative estimate of drug-likeness (QED) is 0.562. The summed E-state index contributed by atoms with van der Waals surface area (Å²) in [7, 11) is 1.78. The van der Waals surface area contributed by atoms with Crippen LogP contribution < -0.4 is 10.2 Å². The first kappa shape index (κ1) is 17.4. The summed E-state index contributed by atoms with van der Waals surface area (Å²) in [4.78, 5) is 13.1. The molecular formula is C16H25FN2O2. The van der Waals surface area contributed by atoms with E-state index in [4.69, 9.17) is 4.74 Å². The maximum Gasteiger partial charge on any atom is 0.307 e. The van der Waals surface area contributed by atoms with E-state index in [1.165, 1.54) is 6.07 Å². The van der Waals surface area contributed by atoms with Crippen LogP contribution in [0.1, 0.15) is 32.3 Å². The van der Waals surface area contributed by atoms with Crippen LogP contribution in [-0.4, -0.2) is 32.7 Å². The fourth-order valence-electron chi connectivity index (χ4n) is 1.98. The van der Waals surface area contributed by atoms with Crippen LogP contribution in [-0.2, 0) is 16.1 Å². The largest absolute Gasteiger partial charge is 0.466 e. The standard InChI is InChI=1S/C16H25FN2O2/c1-4-9-18-12-13-6-7-14(17)15(11-13)19(3)10-8-16(20)21-5-2/h6-7,11,18H,4-5,8-10,12H2,1-3H3. The summed E-state index contributed by atoms with van der Waals surface area (Å²) in [6.07, 6.45) is 1.32. The number of carbonyl (C=O) groups excluding carboxylic acids is 1.